The zero-order valence-electron chi connectivity index (χ0n) is 11.6. The quantitative estimate of drug-likeness (QED) is 0.681. The van der Waals surface area contributed by atoms with E-state index >= 15 is 0 Å². The van der Waals surface area contributed by atoms with E-state index in [0.717, 1.165) is 0 Å². The van der Waals surface area contributed by atoms with Crippen molar-refractivity contribution in [3.05, 3.63) is 53.7 Å². The van der Waals surface area contributed by atoms with Gasteiger partial charge >= 0.3 is 5.97 Å². The van der Waals surface area contributed by atoms with Crippen LogP contribution in [0.3, 0.4) is 0 Å². The first kappa shape index (κ1) is 14.1. The Bertz CT molecular complexity index is 882. The molecule has 1 amide bonds. The number of carbonyl (C=O) groups excluding carboxylic acids is 1. The van der Waals surface area contributed by atoms with Gasteiger partial charge in [-0.15, -0.1) is 0 Å². The number of rotatable bonds is 4. The standard InChI is InChI=1S/C16H14N2O4/c19-8-6-17-15(20)10-4-5-11-13(9-10)18-7-2-1-3-12(18)14(11)16(21)22/h1-5,7,9,19H,6,8H2,(H,17,20)(H,21,22). The minimum absolute atomic E-state index is 0.134. The van der Waals surface area contributed by atoms with E-state index in [1.165, 1.54) is 0 Å². The maximum absolute atomic E-state index is 12.0. The van der Waals surface area contributed by atoms with Crippen LogP contribution >= 0.6 is 0 Å². The number of aromatic carboxylic acids is 1. The first-order valence-corrected chi connectivity index (χ1v) is 6.78. The van der Waals surface area contributed by atoms with Crippen LogP contribution < -0.4 is 5.32 Å². The van der Waals surface area contributed by atoms with Crippen molar-refractivity contribution < 1.29 is 19.8 Å². The van der Waals surface area contributed by atoms with Crippen molar-refractivity contribution >= 4 is 28.3 Å². The Kier molecular flexibility index (Phi) is 3.52. The number of hydrogen-bond acceptors (Lipinski definition) is 3. The molecule has 2 heterocycles. The van der Waals surface area contributed by atoms with Gasteiger partial charge in [0.15, 0.2) is 0 Å². The number of hydrogen-bond donors (Lipinski definition) is 3. The molecule has 3 N–H and O–H groups in total. The average molecular weight is 298 g/mol. The summed E-state index contributed by atoms with van der Waals surface area (Å²) in [7, 11) is 0. The minimum Gasteiger partial charge on any atom is -0.478 e. The van der Waals surface area contributed by atoms with Crippen molar-refractivity contribution in [1.82, 2.24) is 9.72 Å². The molecule has 2 aromatic heterocycles. The number of carboxylic acids is 1. The van der Waals surface area contributed by atoms with Gasteiger partial charge in [0, 0.05) is 23.7 Å². The third-order valence-corrected chi connectivity index (χ3v) is 3.52. The molecule has 0 spiro atoms. The molecule has 6 heteroatoms. The first-order chi connectivity index (χ1) is 10.6. The molecule has 22 heavy (non-hydrogen) atoms. The summed E-state index contributed by atoms with van der Waals surface area (Å²) < 4.78 is 1.75. The molecule has 0 radical (unpaired) electrons. The molecular weight excluding hydrogens is 284 g/mol. The highest BCUT2D eigenvalue weighted by atomic mass is 16.4. The number of nitrogens with zero attached hydrogens (tertiary/aromatic N) is 1. The number of fused-ring (bicyclic) bond motifs is 3. The molecule has 3 rings (SSSR count). The van der Waals surface area contributed by atoms with E-state index < -0.39 is 5.97 Å². The summed E-state index contributed by atoms with van der Waals surface area (Å²) in [5, 5.41) is 21.4. The van der Waals surface area contributed by atoms with Crippen LogP contribution in [0.4, 0.5) is 0 Å². The van der Waals surface area contributed by atoms with E-state index in [1.54, 1.807) is 47.0 Å². The molecule has 0 saturated heterocycles. The van der Waals surface area contributed by atoms with Crippen LogP contribution in [0.1, 0.15) is 20.7 Å². The first-order valence-electron chi connectivity index (χ1n) is 6.78. The second-order valence-electron chi connectivity index (χ2n) is 4.85. The topological polar surface area (TPSA) is 91.0 Å². The van der Waals surface area contributed by atoms with Gasteiger partial charge in [0.2, 0.25) is 0 Å². The van der Waals surface area contributed by atoms with E-state index in [2.05, 4.69) is 5.32 Å². The third kappa shape index (κ3) is 2.19. The normalized spacial score (nSPS) is 11.0. The number of aliphatic hydroxyl groups is 1. The molecule has 112 valence electrons. The predicted molar refractivity (Wildman–Crippen MR) is 81.3 cm³/mol. The molecule has 0 unspecified atom stereocenters. The van der Waals surface area contributed by atoms with Crippen molar-refractivity contribution in [3.63, 3.8) is 0 Å². The van der Waals surface area contributed by atoms with Gasteiger partial charge in [-0.1, -0.05) is 12.1 Å². The van der Waals surface area contributed by atoms with Gasteiger partial charge in [0.25, 0.3) is 5.91 Å². The summed E-state index contributed by atoms with van der Waals surface area (Å²) in [5.41, 5.74) is 1.88. The van der Waals surface area contributed by atoms with E-state index in [9.17, 15) is 14.7 Å². The van der Waals surface area contributed by atoms with Gasteiger partial charge in [-0.05, 0) is 24.3 Å². The lowest BCUT2D eigenvalue weighted by Gasteiger charge is -2.04. The van der Waals surface area contributed by atoms with Gasteiger partial charge in [0.05, 0.1) is 23.2 Å². The van der Waals surface area contributed by atoms with Crippen molar-refractivity contribution in [2.24, 2.45) is 0 Å². The highest BCUT2D eigenvalue weighted by Crippen LogP contribution is 2.27. The summed E-state index contributed by atoms with van der Waals surface area (Å²) in [6.07, 6.45) is 1.76. The average Bonchev–Trinajstić information content (AvgIpc) is 2.86. The van der Waals surface area contributed by atoms with E-state index in [4.69, 9.17) is 5.11 Å². The highest BCUT2D eigenvalue weighted by molar-refractivity contribution is 6.12. The van der Waals surface area contributed by atoms with E-state index in [-0.39, 0.29) is 24.6 Å². The third-order valence-electron chi connectivity index (χ3n) is 3.52. The van der Waals surface area contributed by atoms with Crippen LogP contribution in [0, 0.1) is 0 Å². The monoisotopic (exact) mass is 298 g/mol. The smallest absolute Gasteiger partial charge is 0.338 e. The lowest BCUT2D eigenvalue weighted by atomic mass is 10.1. The second kappa shape index (κ2) is 5.50. The van der Waals surface area contributed by atoms with Gasteiger partial charge < -0.3 is 19.9 Å². The van der Waals surface area contributed by atoms with Crippen molar-refractivity contribution in [2.45, 2.75) is 0 Å². The summed E-state index contributed by atoms with van der Waals surface area (Å²) in [6, 6.07) is 10.2. The molecule has 3 aromatic rings. The Balaban J connectivity index is 2.22. The van der Waals surface area contributed by atoms with Crippen LogP contribution in [0.25, 0.3) is 16.4 Å². The van der Waals surface area contributed by atoms with Gasteiger partial charge in [-0.3, -0.25) is 4.79 Å². The van der Waals surface area contributed by atoms with Crippen molar-refractivity contribution in [2.75, 3.05) is 13.2 Å². The number of aromatic nitrogens is 1. The summed E-state index contributed by atoms with van der Waals surface area (Å²) in [4.78, 5) is 23.5. The highest BCUT2D eigenvalue weighted by Gasteiger charge is 2.18. The van der Waals surface area contributed by atoms with E-state index in [0.29, 0.717) is 22.0 Å². The Morgan fingerprint density at radius 2 is 1.95 bits per heavy atom. The molecule has 0 atom stereocenters. The number of carbonyl (C=O) groups is 2. The Hall–Kier alpha value is -2.86. The van der Waals surface area contributed by atoms with Gasteiger partial charge in [-0.2, -0.15) is 0 Å². The molecule has 0 saturated carbocycles. The molecule has 0 aliphatic rings. The van der Waals surface area contributed by atoms with Gasteiger partial charge in [0.1, 0.15) is 0 Å². The molecule has 6 nitrogen and oxygen atoms in total. The minimum atomic E-state index is -1.00. The zero-order valence-corrected chi connectivity index (χ0v) is 11.6. The maximum Gasteiger partial charge on any atom is 0.338 e. The summed E-state index contributed by atoms with van der Waals surface area (Å²) in [6.45, 7) is 0.0390. The number of carboxylic acid groups (broad SMARTS) is 1. The summed E-state index contributed by atoms with van der Waals surface area (Å²) in [5.74, 6) is -1.31. The lowest BCUT2D eigenvalue weighted by Crippen LogP contribution is -2.26. The fourth-order valence-electron chi connectivity index (χ4n) is 2.57. The maximum atomic E-state index is 12.0. The molecule has 0 aliphatic heterocycles. The summed E-state index contributed by atoms with van der Waals surface area (Å²) >= 11 is 0. The predicted octanol–water partition coefficient (Wildman–Crippen LogP) is 1.51. The Morgan fingerprint density at radius 3 is 2.68 bits per heavy atom. The fourth-order valence-corrected chi connectivity index (χ4v) is 2.57. The van der Waals surface area contributed by atoms with Crippen LogP contribution in [0.5, 0.6) is 0 Å². The molecule has 0 fully saturated rings. The zero-order chi connectivity index (χ0) is 15.7. The van der Waals surface area contributed by atoms with Crippen LogP contribution in [-0.4, -0.2) is 39.6 Å². The number of aliphatic hydroxyl groups excluding tert-OH is 1. The lowest BCUT2D eigenvalue weighted by molar-refractivity contribution is 0.0701. The largest absolute Gasteiger partial charge is 0.478 e. The van der Waals surface area contributed by atoms with Crippen LogP contribution in [0.2, 0.25) is 0 Å². The Labute approximate surface area is 125 Å². The number of nitrogens with one attached hydrogen (secondary N) is 1. The van der Waals surface area contributed by atoms with Crippen LogP contribution in [0.15, 0.2) is 42.6 Å². The SMILES string of the molecule is O=C(NCCO)c1ccc2c(C(=O)O)c3ccccn3c2c1. The van der Waals surface area contributed by atoms with Crippen molar-refractivity contribution in [1.29, 1.82) is 0 Å². The number of benzene rings is 1. The van der Waals surface area contributed by atoms with Crippen LogP contribution in [-0.2, 0) is 0 Å². The second-order valence-corrected chi connectivity index (χ2v) is 4.85. The van der Waals surface area contributed by atoms with Gasteiger partial charge in [-0.25, -0.2) is 4.79 Å². The molecular formula is C16H14N2O4. The molecule has 0 bridgehead atoms. The number of amides is 1. The van der Waals surface area contributed by atoms with Crippen molar-refractivity contribution in [3.8, 4) is 0 Å². The fraction of sp³-hybridized carbons (Fsp3) is 0.125. The molecule has 0 aliphatic carbocycles. The van der Waals surface area contributed by atoms with E-state index in [1.807, 2.05) is 0 Å². The molecule has 1 aromatic carbocycles. The number of pyridine rings is 1. The Morgan fingerprint density at radius 1 is 1.14 bits per heavy atom.